The molecule has 0 fully saturated rings. The van der Waals surface area contributed by atoms with Gasteiger partial charge in [-0.15, -0.1) is 0 Å². The number of nitrogens with one attached hydrogen (secondary N) is 2. The first-order valence-corrected chi connectivity index (χ1v) is 14.0. The maximum atomic E-state index is 12.8. The third-order valence-electron chi connectivity index (χ3n) is 4.47. The summed E-state index contributed by atoms with van der Waals surface area (Å²) in [6.07, 6.45) is -1.76. The molecule has 17 heteroatoms. The van der Waals surface area contributed by atoms with Crippen molar-refractivity contribution in [2.24, 2.45) is 11.8 Å². The molecule has 0 aromatic heterocycles. The van der Waals surface area contributed by atoms with Crippen LogP contribution in [0.1, 0.15) is 40.5 Å². The van der Waals surface area contributed by atoms with Crippen molar-refractivity contribution in [3.63, 3.8) is 0 Å². The second-order valence-corrected chi connectivity index (χ2v) is 10.8. The first-order valence-electron chi connectivity index (χ1n) is 12.5. The molecule has 0 rings (SSSR count). The van der Waals surface area contributed by atoms with Gasteiger partial charge in [0.15, 0.2) is 6.10 Å². The fourth-order valence-electron chi connectivity index (χ4n) is 2.64. The van der Waals surface area contributed by atoms with Crippen molar-refractivity contribution in [3.05, 3.63) is 0 Å². The maximum absolute atomic E-state index is 12.8. The van der Waals surface area contributed by atoms with E-state index in [0.717, 1.165) is 20.2 Å². The zero-order valence-electron chi connectivity index (χ0n) is 25.8. The molecule has 0 heterocycles. The summed E-state index contributed by atoms with van der Waals surface area (Å²) in [4.78, 5) is 42.6. The van der Waals surface area contributed by atoms with Crippen molar-refractivity contribution >= 4 is 33.0 Å². The molecule has 14 nitrogen and oxygen atoms in total. The van der Waals surface area contributed by atoms with Crippen LogP contribution >= 0.6 is 7.82 Å². The van der Waals surface area contributed by atoms with Crippen molar-refractivity contribution in [3.8, 4) is 0 Å². The molecule has 0 saturated heterocycles. The zero-order valence-corrected chi connectivity index (χ0v) is 39.3. The number of phosphoric ester groups is 1. The zero-order chi connectivity index (χ0) is 30.1. The predicted octanol–water partition coefficient (Wildman–Crippen LogP) is -4.67. The van der Waals surface area contributed by atoms with E-state index < -0.39 is 38.6 Å². The van der Waals surface area contributed by atoms with Crippen LogP contribution in [0.25, 0.3) is 0 Å². The number of carbonyl (C=O) groups is 2. The minimum atomic E-state index is -4.13. The number of phosphoric acid groups is 1. The van der Waals surface area contributed by atoms with E-state index >= 15 is 0 Å². The summed E-state index contributed by atoms with van der Waals surface area (Å²) in [5.74, 6) is -0.179. The van der Waals surface area contributed by atoms with E-state index in [4.69, 9.17) is 32.6 Å². The molecule has 0 amide bonds. The third-order valence-corrected chi connectivity index (χ3v) is 5.85. The topological polar surface area (TPSA) is 174 Å². The Kier molecular flexibility index (Phi) is 40.9. The van der Waals surface area contributed by atoms with Gasteiger partial charge in [-0.2, -0.15) is 0 Å². The van der Waals surface area contributed by atoms with Gasteiger partial charge in [0, 0.05) is 27.3 Å². The van der Waals surface area contributed by atoms with Gasteiger partial charge < -0.3 is 39.2 Å². The number of carbonyl (C=O) groups excluding carboxylic acids is 4. The average molecular weight is 850 g/mol. The van der Waals surface area contributed by atoms with Gasteiger partial charge in [-0.3, -0.25) is 29.9 Å². The quantitative estimate of drug-likeness (QED) is 0.0237. The Bertz CT molecular complexity index is 708. The van der Waals surface area contributed by atoms with Crippen LogP contribution in [0.5, 0.6) is 0 Å². The first-order chi connectivity index (χ1) is 18.5. The van der Waals surface area contributed by atoms with E-state index in [1.807, 2.05) is 13.8 Å². The minimum Gasteiger partial charge on any atom is -0.648 e. The van der Waals surface area contributed by atoms with E-state index in [0.29, 0.717) is 24.9 Å². The second-order valence-electron chi connectivity index (χ2n) is 8.99. The second kappa shape index (κ2) is 33.5. The molecule has 0 aromatic carbocycles. The summed E-state index contributed by atoms with van der Waals surface area (Å²) in [5, 5.41) is 6.27. The minimum absolute atomic E-state index is 0. The Labute approximate surface area is 362 Å². The van der Waals surface area contributed by atoms with Crippen molar-refractivity contribution in [1.82, 2.24) is 10.6 Å². The Balaban J connectivity index is -0.00000167. The Morgan fingerprint density at radius 2 is 1.29 bits per heavy atom. The molecule has 230 valence electrons. The molecule has 2 N–H and O–H groups in total. The van der Waals surface area contributed by atoms with E-state index in [-0.39, 0.29) is 170 Å². The Morgan fingerprint density at radius 3 is 1.73 bits per heavy atom. The van der Waals surface area contributed by atoms with Crippen LogP contribution in [0.3, 0.4) is 0 Å². The molecule has 0 spiro atoms. The number of esters is 2. The van der Waals surface area contributed by atoms with Gasteiger partial charge in [0.1, 0.15) is 12.7 Å². The molecule has 0 aromatic rings. The summed E-state index contributed by atoms with van der Waals surface area (Å²) < 4.78 is 48.3. The number of methoxy groups -OCH3 is 1. The molecule has 0 aliphatic heterocycles. The van der Waals surface area contributed by atoms with Crippen molar-refractivity contribution in [1.29, 1.82) is 0 Å². The van der Waals surface area contributed by atoms with Gasteiger partial charge in [-0.05, 0) is 24.9 Å². The SMILES string of the molecule is COCC(COP(=O)(OC)OCC(COC(=O)CCNCC(C)C)OC(=O)CCNCC(C)C)O[C-]=O.[CH-]=O.[Cs+].[Cs+]. The molecule has 41 heavy (non-hydrogen) atoms. The third kappa shape index (κ3) is 31.9. The van der Waals surface area contributed by atoms with Crippen molar-refractivity contribution in [2.75, 3.05) is 66.8 Å². The van der Waals surface area contributed by atoms with Crippen molar-refractivity contribution < 1.29 is 194 Å². The maximum Gasteiger partial charge on any atom is 1.00 e. The summed E-state index contributed by atoms with van der Waals surface area (Å²) in [6.45, 7) is 13.9. The number of rotatable bonds is 24. The molecule has 0 aliphatic rings. The normalized spacial score (nSPS) is 13.4. The summed E-state index contributed by atoms with van der Waals surface area (Å²) in [7, 11) is -1.65. The predicted molar refractivity (Wildman–Crippen MR) is 141 cm³/mol. The standard InChI is InChI=1S/C23H44N2O11P.CHO.2Cs/c1-18(2)11-24-9-7-22(27)32-14-21(36-23(28)8-10-25-12-19(3)4)16-35-37(29,31-6)34-15-20(13-30-5)33-17-26;1-2;;/h18-21,24-25H,7-16H2,1-6H3;1H;;/q2*-1;2*+1. The van der Waals surface area contributed by atoms with Crippen LogP contribution in [-0.4, -0.2) is 104 Å². The van der Waals surface area contributed by atoms with E-state index in [1.54, 1.807) is 0 Å². The molecule has 0 aliphatic carbocycles. The largest absolute Gasteiger partial charge is 1.00 e. The number of hydrogen-bond donors (Lipinski definition) is 2. The smallest absolute Gasteiger partial charge is 0.648 e. The first kappa shape index (κ1) is 50.0. The van der Waals surface area contributed by atoms with Crippen LogP contribution in [0, 0.1) is 11.8 Å². The van der Waals surface area contributed by atoms with Crippen LogP contribution in [0.15, 0.2) is 0 Å². The van der Waals surface area contributed by atoms with Crippen LogP contribution in [0.2, 0.25) is 0 Å². The van der Waals surface area contributed by atoms with Gasteiger partial charge in [0.05, 0.1) is 32.7 Å². The van der Waals surface area contributed by atoms with Gasteiger partial charge >= 0.3 is 158 Å². The van der Waals surface area contributed by atoms with Gasteiger partial charge in [0.2, 0.25) is 0 Å². The summed E-state index contributed by atoms with van der Waals surface area (Å²) in [6, 6.07) is 0. The monoisotopic (exact) mass is 850 g/mol. The number of ether oxygens (including phenoxy) is 4. The van der Waals surface area contributed by atoms with Crippen molar-refractivity contribution in [2.45, 2.75) is 52.7 Å². The summed E-state index contributed by atoms with van der Waals surface area (Å²) >= 11 is 0. The van der Waals surface area contributed by atoms with E-state index in [1.165, 1.54) is 13.6 Å². The van der Waals surface area contributed by atoms with E-state index in [9.17, 15) is 18.9 Å². The van der Waals surface area contributed by atoms with Gasteiger partial charge in [0.25, 0.3) is 0 Å². The fourth-order valence-corrected chi connectivity index (χ4v) is 3.63. The molecule has 0 radical (unpaired) electrons. The number of hydrogen-bond acceptors (Lipinski definition) is 14. The van der Waals surface area contributed by atoms with E-state index in [2.05, 4.69) is 36.0 Å². The molecule has 3 atom stereocenters. The van der Waals surface area contributed by atoms with Crippen LogP contribution in [0.4, 0.5) is 0 Å². The molecule has 0 saturated carbocycles. The molecule has 3 unspecified atom stereocenters. The molecule has 0 bridgehead atoms. The van der Waals surface area contributed by atoms with Gasteiger partial charge in [-0.1, -0.05) is 34.2 Å². The Morgan fingerprint density at radius 1 is 0.805 bits per heavy atom. The summed E-state index contributed by atoms with van der Waals surface area (Å²) in [5.41, 5.74) is 0. The molecular formula is C24H45Cs2N2O12P. The Hall–Kier alpha value is 2.17. The van der Waals surface area contributed by atoms with Crippen LogP contribution < -0.4 is 148 Å². The average Bonchev–Trinajstić information content (AvgIpc) is 2.90. The van der Waals surface area contributed by atoms with Crippen LogP contribution in [-0.2, 0) is 56.3 Å². The molecular weight excluding hydrogens is 805 g/mol. The fraction of sp³-hybridized carbons (Fsp3) is 0.833. The van der Waals surface area contributed by atoms with Gasteiger partial charge in [-0.25, -0.2) is 4.57 Å².